The van der Waals surface area contributed by atoms with Crippen molar-refractivity contribution in [3.05, 3.63) is 29.6 Å². The van der Waals surface area contributed by atoms with Crippen LogP contribution in [0.15, 0.2) is 18.2 Å². The van der Waals surface area contributed by atoms with Gasteiger partial charge in [-0.25, -0.2) is 13.2 Å². The fourth-order valence-electron chi connectivity index (χ4n) is 0.927. The van der Waals surface area contributed by atoms with Crippen LogP contribution in [-0.4, -0.2) is 12.5 Å². The molecule has 0 spiro atoms. The van der Waals surface area contributed by atoms with Gasteiger partial charge in [-0.2, -0.15) is 0 Å². The molecule has 14 heavy (non-hydrogen) atoms. The molecule has 1 rings (SSSR count). The Balaban J connectivity index is 2.68. The van der Waals surface area contributed by atoms with Crippen molar-refractivity contribution in [2.75, 3.05) is 6.61 Å². The smallest absolute Gasteiger partial charge is 0.278 e. The molecular weight excluding hydrogens is 193 g/mol. The van der Waals surface area contributed by atoms with Crippen molar-refractivity contribution in [2.45, 2.75) is 19.8 Å². The Morgan fingerprint density at radius 1 is 1.36 bits per heavy atom. The second kappa shape index (κ2) is 3.90. The summed E-state index contributed by atoms with van der Waals surface area (Å²) in [7, 11) is 0. The molecule has 0 fully saturated rings. The summed E-state index contributed by atoms with van der Waals surface area (Å²) in [4.78, 5) is 0. The van der Waals surface area contributed by atoms with Crippen LogP contribution in [0, 0.1) is 12.7 Å². The van der Waals surface area contributed by atoms with Crippen LogP contribution in [0.4, 0.5) is 13.2 Å². The molecule has 1 nitrogen and oxygen atoms in total. The normalized spacial score (nSPS) is 11.5. The van der Waals surface area contributed by atoms with Gasteiger partial charge in [0.1, 0.15) is 0 Å². The zero-order valence-electron chi connectivity index (χ0n) is 7.98. The third-order valence-corrected chi connectivity index (χ3v) is 1.57. The van der Waals surface area contributed by atoms with E-state index in [-0.39, 0.29) is 5.75 Å². The van der Waals surface area contributed by atoms with E-state index in [0.29, 0.717) is 0 Å². The predicted molar refractivity (Wildman–Crippen MR) is 47.3 cm³/mol. The molecule has 0 aliphatic heterocycles. The summed E-state index contributed by atoms with van der Waals surface area (Å²) < 4.78 is 42.4. The zero-order chi connectivity index (χ0) is 10.8. The highest BCUT2D eigenvalue weighted by Crippen LogP contribution is 2.20. The van der Waals surface area contributed by atoms with Gasteiger partial charge in [0.25, 0.3) is 5.92 Å². The van der Waals surface area contributed by atoms with Gasteiger partial charge in [0.15, 0.2) is 18.2 Å². The lowest BCUT2D eigenvalue weighted by molar-refractivity contribution is -0.0239. The largest absolute Gasteiger partial charge is 0.484 e. The first-order valence-electron chi connectivity index (χ1n) is 4.15. The van der Waals surface area contributed by atoms with E-state index in [1.165, 1.54) is 12.1 Å². The van der Waals surface area contributed by atoms with Crippen LogP contribution in [0.1, 0.15) is 12.5 Å². The molecule has 0 saturated carbocycles. The van der Waals surface area contributed by atoms with Crippen LogP contribution in [-0.2, 0) is 0 Å². The number of hydrogen-bond donors (Lipinski definition) is 0. The molecule has 1 aromatic rings. The molecule has 0 bridgehead atoms. The van der Waals surface area contributed by atoms with Gasteiger partial charge in [-0.3, -0.25) is 0 Å². The van der Waals surface area contributed by atoms with E-state index in [9.17, 15) is 13.2 Å². The first-order valence-corrected chi connectivity index (χ1v) is 4.15. The Hall–Kier alpha value is -1.19. The van der Waals surface area contributed by atoms with E-state index in [0.717, 1.165) is 12.5 Å². The van der Waals surface area contributed by atoms with E-state index in [2.05, 4.69) is 4.74 Å². The molecule has 0 aliphatic carbocycles. The third kappa shape index (κ3) is 3.28. The predicted octanol–water partition coefficient (Wildman–Crippen LogP) is 3.17. The lowest BCUT2D eigenvalue weighted by Gasteiger charge is -2.12. The summed E-state index contributed by atoms with van der Waals surface area (Å²) in [6.07, 6.45) is 0. The molecule has 78 valence electrons. The second-order valence-corrected chi connectivity index (χ2v) is 3.29. The standard InChI is InChI=1S/C10H11F3O/c1-7-3-4-9(8(11)5-7)14-6-10(2,12)13/h3-5H,6H2,1-2H3. The van der Waals surface area contributed by atoms with Crippen LogP contribution in [0.2, 0.25) is 0 Å². The Bertz CT molecular complexity index is 318. The van der Waals surface area contributed by atoms with Crippen LogP contribution in [0.25, 0.3) is 0 Å². The number of hydrogen-bond acceptors (Lipinski definition) is 1. The second-order valence-electron chi connectivity index (χ2n) is 3.29. The lowest BCUT2D eigenvalue weighted by atomic mass is 10.2. The molecule has 0 amide bonds. The molecule has 0 heterocycles. The molecule has 0 saturated heterocycles. The fraction of sp³-hybridized carbons (Fsp3) is 0.400. The van der Waals surface area contributed by atoms with Gasteiger partial charge in [-0.15, -0.1) is 0 Å². The van der Waals surface area contributed by atoms with Gasteiger partial charge in [0.05, 0.1) is 0 Å². The van der Waals surface area contributed by atoms with Crippen LogP contribution >= 0.6 is 0 Å². The van der Waals surface area contributed by atoms with E-state index >= 15 is 0 Å². The highest BCUT2D eigenvalue weighted by Gasteiger charge is 2.22. The molecule has 0 N–H and O–H groups in total. The highest BCUT2D eigenvalue weighted by atomic mass is 19.3. The van der Waals surface area contributed by atoms with Crippen molar-refractivity contribution in [2.24, 2.45) is 0 Å². The molecule has 1 aromatic carbocycles. The number of rotatable bonds is 3. The van der Waals surface area contributed by atoms with Crippen molar-refractivity contribution in [1.29, 1.82) is 0 Å². The van der Waals surface area contributed by atoms with Gasteiger partial charge in [-0.05, 0) is 24.6 Å². The van der Waals surface area contributed by atoms with Crippen molar-refractivity contribution < 1.29 is 17.9 Å². The quantitative estimate of drug-likeness (QED) is 0.734. The average Bonchev–Trinajstić information content (AvgIpc) is 2.00. The minimum absolute atomic E-state index is 0.142. The lowest BCUT2D eigenvalue weighted by Crippen LogP contribution is -2.21. The van der Waals surface area contributed by atoms with Gasteiger partial charge in [0, 0.05) is 6.92 Å². The van der Waals surface area contributed by atoms with Gasteiger partial charge in [-0.1, -0.05) is 6.07 Å². The maximum atomic E-state index is 13.1. The van der Waals surface area contributed by atoms with E-state index < -0.39 is 18.3 Å². The summed E-state index contributed by atoms with van der Waals surface area (Å²) in [5, 5.41) is 0. The Labute approximate surface area is 80.5 Å². The van der Waals surface area contributed by atoms with E-state index in [4.69, 9.17) is 0 Å². The van der Waals surface area contributed by atoms with Crippen molar-refractivity contribution in [3.8, 4) is 5.75 Å². The number of ether oxygens (including phenoxy) is 1. The Morgan fingerprint density at radius 3 is 2.50 bits per heavy atom. The SMILES string of the molecule is Cc1ccc(OCC(C)(F)F)c(F)c1. The third-order valence-electron chi connectivity index (χ3n) is 1.57. The van der Waals surface area contributed by atoms with Crippen molar-refractivity contribution in [3.63, 3.8) is 0 Å². The van der Waals surface area contributed by atoms with Gasteiger partial charge in [0.2, 0.25) is 0 Å². The molecule has 0 aromatic heterocycles. The Morgan fingerprint density at radius 2 is 2.00 bits per heavy atom. The number of aryl methyl sites for hydroxylation is 1. The molecule has 0 radical (unpaired) electrons. The summed E-state index contributed by atoms with van der Waals surface area (Å²) in [6.45, 7) is 1.62. The van der Waals surface area contributed by atoms with Crippen LogP contribution < -0.4 is 4.74 Å². The minimum Gasteiger partial charge on any atom is -0.484 e. The number of alkyl halides is 2. The zero-order valence-corrected chi connectivity index (χ0v) is 7.98. The van der Waals surface area contributed by atoms with E-state index in [1.54, 1.807) is 13.0 Å². The molecule has 0 unspecified atom stereocenters. The maximum absolute atomic E-state index is 13.1. The molecule has 0 aliphatic rings. The minimum atomic E-state index is -2.95. The Kier molecular flexibility index (Phi) is 3.03. The number of halogens is 3. The summed E-state index contributed by atoms with van der Waals surface area (Å²) in [5.74, 6) is -3.71. The monoisotopic (exact) mass is 204 g/mol. The van der Waals surface area contributed by atoms with Crippen LogP contribution in [0.3, 0.4) is 0 Å². The summed E-state index contributed by atoms with van der Waals surface area (Å²) >= 11 is 0. The van der Waals surface area contributed by atoms with Crippen molar-refractivity contribution >= 4 is 0 Å². The molecular formula is C10H11F3O. The fourth-order valence-corrected chi connectivity index (χ4v) is 0.927. The maximum Gasteiger partial charge on any atom is 0.278 e. The van der Waals surface area contributed by atoms with Crippen molar-refractivity contribution in [1.82, 2.24) is 0 Å². The molecule has 0 atom stereocenters. The number of benzene rings is 1. The van der Waals surface area contributed by atoms with Gasteiger partial charge >= 0.3 is 0 Å². The van der Waals surface area contributed by atoms with Crippen LogP contribution in [0.5, 0.6) is 5.75 Å². The van der Waals surface area contributed by atoms with E-state index in [1.807, 2.05) is 0 Å². The summed E-state index contributed by atoms with van der Waals surface area (Å²) in [6, 6.07) is 4.19. The topological polar surface area (TPSA) is 9.23 Å². The summed E-state index contributed by atoms with van der Waals surface area (Å²) in [5.41, 5.74) is 0.720. The first kappa shape index (κ1) is 10.9. The van der Waals surface area contributed by atoms with Gasteiger partial charge < -0.3 is 4.74 Å². The first-order chi connectivity index (χ1) is 6.38. The average molecular weight is 204 g/mol. The highest BCUT2D eigenvalue weighted by molar-refractivity contribution is 5.28. The molecule has 4 heteroatoms.